The molecule has 0 bridgehead atoms. The number of rotatable bonds is 7. The molecule has 0 amide bonds. The van der Waals surface area contributed by atoms with Crippen LogP contribution in [0.1, 0.15) is 26.7 Å². The smallest absolute Gasteiger partial charge is 0.372 e. The molecule has 0 saturated carbocycles. The standard InChI is InChI=1S/C13H25F3N2O/c1-3-17-12-5-7-18(9-11(12)2)6-4-8-19-10-13(14,15)16/h11-12,17H,3-10H2,1-2H3. The van der Waals surface area contributed by atoms with Crippen LogP contribution in [0.3, 0.4) is 0 Å². The minimum absolute atomic E-state index is 0.182. The van der Waals surface area contributed by atoms with Crippen LogP contribution < -0.4 is 5.32 Å². The van der Waals surface area contributed by atoms with Crippen molar-refractivity contribution in [3.05, 3.63) is 0 Å². The monoisotopic (exact) mass is 282 g/mol. The van der Waals surface area contributed by atoms with Crippen molar-refractivity contribution in [1.29, 1.82) is 0 Å². The maximum absolute atomic E-state index is 11.9. The fourth-order valence-corrected chi connectivity index (χ4v) is 2.58. The molecule has 2 unspecified atom stereocenters. The van der Waals surface area contributed by atoms with Gasteiger partial charge in [0.25, 0.3) is 0 Å². The van der Waals surface area contributed by atoms with Crippen LogP contribution in [0.5, 0.6) is 0 Å². The number of hydrogen-bond acceptors (Lipinski definition) is 3. The van der Waals surface area contributed by atoms with Crippen LogP contribution >= 0.6 is 0 Å². The van der Waals surface area contributed by atoms with Gasteiger partial charge in [-0.15, -0.1) is 0 Å². The van der Waals surface area contributed by atoms with E-state index in [1.807, 2.05) is 0 Å². The maximum atomic E-state index is 11.9. The molecule has 1 N–H and O–H groups in total. The first-order valence-corrected chi connectivity index (χ1v) is 7.02. The molecule has 0 radical (unpaired) electrons. The molecule has 1 aliphatic rings. The molecule has 0 spiro atoms. The molecule has 114 valence electrons. The molecule has 1 fully saturated rings. The quantitative estimate of drug-likeness (QED) is 0.725. The van der Waals surface area contributed by atoms with E-state index in [9.17, 15) is 13.2 Å². The zero-order valence-electron chi connectivity index (χ0n) is 11.8. The summed E-state index contributed by atoms with van der Waals surface area (Å²) in [6, 6.07) is 0.572. The molecule has 0 aliphatic carbocycles. The number of ether oxygens (including phenoxy) is 1. The van der Waals surface area contributed by atoms with Crippen molar-refractivity contribution < 1.29 is 17.9 Å². The van der Waals surface area contributed by atoms with Gasteiger partial charge in [-0.2, -0.15) is 13.2 Å². The molecule has 1 saturated heterocycles. The number of likely N-dealkylation sites (tertiary alicyclic amines) is 1. The lowest BCUT2D eigenvalue weighted by atomic mass is 9.94. The molecule has 6 heteroatoms. The molecule has 3 nitrogen and oxygen atoms in total. The number of alkyl halides is 3. The van der Waals surface area contributed by atoms with Crippen LogP contribution in [-0.2, 0) is 4.74 Å². The molecule has 0 aromatic carbocycles. The Bertz CT molecular complexity index is 249. The number of halogens is 3. The van der Waals surface area contributed by atoms with Crippen LogP contribution in [0.2, 0.25) is 0 Å². The van der Waals surface area contributed by atoms with Gasteiger partial charge in [0.05, 0.1) is 0 Å². The van der Waals surface area contributed by atoms with Gasteiger partial charge in [-0.3, -0.25) is 0 Å². The van der Waals surface area contributed by atoms with Crippen molar-refractivity contribution in [3.63, 3.8) is 0 Å². The van der Waals surface area contributed by atoms with Gasteiger partial charge in [0.2, 0.25) is 0 Å². The molecule has 0 aromatic rings. The van der Waals surface area contributed by atoms with Gasteiger partial charge in [-0.25, -0.2) is 0 Å². The molecular formula is C13H25F3N2O. The van der Waals surface area contributed by atoms with Crippen molar-refractivity contribution in [3.8, 4) is 0 Å². The SMILES string of the molecule is CCNC1CCN(CCCOCC(F)(F)F)CC1C. The normalized spacial score (nSPS) is 25.7. The van der Waals surface area contributed by atoms with E-state index in [1.54, 1.807) is 0 Å². The first kappa shape index (κ1) is 16.7. The second kappa shape index (κ2) is 8.07. The van der Waals surface area contributed by atoms with E-state index >= 15 is 0 Å². The van der Waals surface area contributed by atoms with Gasteiger partial charge in [0.1, 0.15) is 6.61 Å². The first-order chi connectivity index (χ1) is 8.92. The van der Waals surface area contributed by atoms with Gasteiger partial charge < -0.3 is 15.0 Å². The summed E-state index contributed by atoms with van der Waals surface area (Å²) in [5.41, 5.74) is 0. The lowest BCUT2D eigenvalue weighted by Gasteiger charge is -2.37. The van der Waals surface area contributed by atoms with Crippen molar-refractivity contribution in [2.45, 2.75) is 38.9 Å². The summed E-state index contributed by atoms with van der Waals surface area (Å²) >= 11 is 0. The van der Waals surface area contributed by atoms with E-state index in [4.69, 9.17) is 0 Å². The van der Waals surface area contributed by atoms with Crippen molar-refractivity contribution in [2.24, 2.45) is 5.92 Å². The Hall–Kier alpha value is -0.330. The van der Waals surface area contributed by atoms with Crippen LogP contribution in [0.25, 0.3) is 0 Å². The minimum atomic E-state index is -4.21. The van der Waals surface area contributed by atoms with E-state index in [1.165, 1.54) is 0 Å². The second-order valence-electron chi connectivity index (χ2n) is 5.25. The van der Waals surface area contributed by atoms with Gasteiger partial charge in [0, 0.05) is 25.7 Å². The Kier molecular flexibility index (Phi) is 7.10. The highest BCUT2D eigenvalue weighted by molar-refractivity contribution is 4.82. The number of piperidine rings is 1. The van der Waals surface area contributed by atoms with Crippen molar-refractivity contribution in [1.82, 2.24) is 10.2 Å². The summed E-state index contributed by atoms with van der Waals surface area (Å²) in [4.78, 5) is 2.31. The van der Waals surface area contributed by atoms with Crippen molar-refractivity contribution in [2.75, 3.05) is 39.4 Å². The number of nitrogens with zero attached hydrogens (tertiary/aromatic N) is 1. The summed E-state index contributed by atoms with van der Waals surface area (Å²) in [5, 5.41) is 3.47. The van der Waals surface area contributed by atoms with E-state index in [2.05, 4.69) is 28.8 Å². The molecule has 0 aromatic heterocycles. The Morgan fingerprint density at radius 3 is 2.68 bits per heavy atom. The minimum Gasteiger partial charge on any atom is -0.372 e. The lowest BCUT2D eigenvalue weighted by Crippen LogP contribution is -2.48. The highest BCUT2D eigenvalue weighted by atomic mass is 19.4. The molecule has 1 aliphatic heterocycles. The summed E-state index contributed by atoms with van der Waals surface area (Å²) < 4.78 is 40.2. The predicted molar refractivity (Wildman–Crippen MR) is 69.2 cm³/mol. The largest absolute Gasteiger partial charge is 0.411 e. The van der Waals surface area contributed by atoms with E-state index in [0.717, 1.165) is 32.6 Å². The van der Waals surface area contributed by atoms with Crippen molar-refractivity contribution >= 4 is 0 Å². The molecular weight excluding hydrogens is 257 g/mol. The molecule has 1 heterocycles. The van der Waals surface area contributed by atoms with Crippen LogP contribution in [0.15, 0.2) is 0 Å². The summed E-state index contributed by atoms with van der Waals surface area (Å²) in [6.07, 6.45) is -2.44. The van der Waals surface area contributed by atoms with Crippen LogP contribution in [-0.4, -0.2) is 56.5 Å². The predicted octanol–water partition coefficient (Wildman–Crippen LogP) is 2.28. The summed E-state index contributed by atoms with van der Waals surface area (Å²) in [5.74, 6) is 0.588. The second-order valence-corrected chi connectivity index (χ2v) is 5.25. The average molecular weight is 282 g/mol. The Morgan fingerprint density at radius 2 is 2.11 bits per heavy atom. The molecule has 19 heavy (non-hydrogen) atoms. The third kappa shape index (κ3) is 7.13. The van der Waals surface area contributed by atoms with E-state index in [-0.39, 0.29) is 6.61 Å². The third-order valence-corrected chi connectivity index (χ3v) is 3.48. The Labute approximate surface area is 113 Å². The topological polar surface area (TPSA) is 24.5 Å². The van der Waals surface area contributed by atoms with Gasteiger partial charge in [0.15, 0.2) is 0 Å². The zero-order valence-corrected chi connectivity index (χ0v) is 11.8. The van der Waals surface area contributed by atoms with Crippen LogP contribution in [0, 0.1) is 5.92 Å². The third-order valence-electron chi connectivity index (χ3n) is 3.48. The highest BCUT2D eigenvalue weighted by Crippen LogP contribution is 2.17. The van der Waals surface area contributed by atoms with E-state index < -0.39 is 12.8 Å². The van der Waals surface area contributed by atoms with Gasteiger partial charge >= 0.3 is 6.18 Å². The fraction of sp³-hybridized carbons (Fsp3) is 1.00. The first-order valence-electron chi connectivity index (χ1n) is 7.02. The lowest BCUT2D eigenvalue weighted by molar-refractivity contribution is -0.174. The summed E-state index contributed by atoms with van der Waals surface area (Å²) in [6.45, 7) is 7.21. The molecule has 2 atom stereocenters. The van der Waals surface area contributed by atoms with Gasteiger partial charge in [-0.1, -0.05) is 13.8 Å². The van der Waals surface area contributed by atoms with Crippen LogP contribution in [0.4, 0.5) is 13.2 Å². The van der Waals surface area contributed by atoms with E-state index in [0.29, 0.717) is 18.4 Å². The Balaban J connectivity index is 2.08. The highest BCUT2D eigenvalue weighted by Gasteiger charge is 2.27. The maximum Gasteiger partial charge on any atom is 0.411 e. The fourth-order valence-electron chi connectivity index (χ4n) is 2.58. The Morgan fingerprint density at radius 1 is 1.37 bits per heavy atom. The molecule has 1 rings (SSSR count). The van der Waals surface area contributed by atoms with Gasteiger partial charge in [-0.05, 0) is 31.8 Å². The number of hydrogen-bond donors (Lipinski definition) is 1. The zero-order chi connectivity index (χ0) is 14.3. The summed E-state index contributed by atoms with van der Waals surface area (Å²) in [7, 11) is 0. The number of nitrogens with one attached hydrogen (secondary N) is 1. The average Bonchev–Trinajstić information content (AvgIpc) is 2.31.